The molecule has 5 heteroatoms. The molecule has 0 aliphatic heterocycles. The summed E-state index contributed by atoms with van der Waals surface area (Å²) in [5.41, 5.74) is 6.62. The molecule has 0 radical (unpaired) electrons. The minimum Gasteiger partial charge on any atom is -0.393 e. The minimum absolute atomic E-state index is 0.0462. The number of hydrogen-bond acceptors (Lipinski definition) is 4. The van der Waals surface area contributed by atoms with Crippen LogP contribution in [0.2, 0.25) is 0 Å². The van der Waals surface area contributed by atoms with E-state index >= 15 is 0 Å². The van der Waals surface area contributed by atoms with Crippen LogP contribution in [0, 0.1) is 16.0 Å². The van der Waals surface area contributed by atoms with Crippen LogP contribution < -0.4 is 11.1 Å². The summed E-state index contributed by atoms with van der Waals surface area (Å²) in [6, 6.07) is 5.07. The lowest BCUT2D eigenvalue weighted by atomic mass is 10.0. The van der Waals surface area contributed by atoms with E-state index in [2.05, 4.69) is 26.1 Å². The number of rotatable bonds is 6. The molecule has 1 rings (SSSR count). The smallest absolute Gasteiger partial charge is 0.292 e. The fourth-order valence-electron chi connectivity index (χ4n) is 1.92. The van der Waals surface area contributed by atoms with Gasteiger partial charge in [-0.1, -0.05) is 20.3 Å². The normalized spacial score (nSPS) is 13.9. The third-order valence-corrected chi connectivity index (χ3v) is 3.09. The van der Waals surface area contributed by atoms with Crippen molar-refractivity contribution in [1.82, 2.24) is 0 Å². The fraction of sp³-hybridized carbons (Fsp3) is 0.538. The number of hydrogen-bond donors (Lipinski definition) is 2. The highest BCUT2D eigenvalue weighted by Crippen LogP contribution is 2.25. The van der Waals surface area contributed by atoms with Gasteiger partial charge < -0.3 is 11.1 Å². The Bertz CT molecular complexity index is 421. The molecule has 18 heavy (non-hydrogen) atoms. The van der Waals surface area contributed by atoms with Gasteiger partial charge in [0.25, 0.3) is 5.69 Å². The highest BCUT2D eigenvalue weighted by molar-refractivity contribution is 5.65. The first-order chi connectivity index (χ1) is 8.43. The van der Waals surface area contributed by atoms with E-state index < -0.39 is 4.92 Å². The number of nitrogens with one attached hydrogen (secondary N) is 1. The average molecular weight is 251 g/mol. The monoisotopic (exact) mass is 251 g/mol. The van der Waals surface area contributed by atoms with Crippen molar-refractivity contribution >= 4 is 17.1 Å². The van der Waals surface area contributed by atoms with Crippen LogP contribution >= 0.6 is 0 Å². The maximum absolute atomic E-state index is 10.6. The van der Waals surface area contributed by atoms with Crippen molar-refractivity contribution in [3.63, 3.8) is 0 Å². The van der Waals surface area contributed by atoms with Crippen LogP contribution in [0.1, 0.15) is 33.6 Å². The molecule has 0 fully saturated rings. The zero-order chi connectivity index (χ0) is 13.7. The molecule has 0 saturated heterocycles. The zero-order valence-electron chi connectivity index (χ0n) is 11.1. The van der Waals surface area contributed by atoms with Crippen LogP contribution in [0.25, 0.3) is 0 Å². The number of nitro benzene ring substituents is 1. The van der Waals surface area contributed by atoms with Crippen LogP contribution in [0.3, 0.4) is 0 Å². The van der Waals surface area contributed by atoms with Gasteiger partial charge in [0.1, 0.15) is 5.69 Å². The molecule has 0 aliphatic rings. The van der Waals surface area contributed by atoms with E-state index in [-0.39, 0.29) is 11.4 Å². The number of nitrogens with zero attached hydrogens (tertiary/aromatic N) is 1. The first-order valence-electron chi connectivity index (χ1n) is 6.24. The second-order valence-corrected chi connectivity index (χ2v) is 4.83. The van der Waals surface area contributed by atoms with Crippen LogP contribution in [-0.4, -0.2) is 11.0 Å². The molecule has 3 N–H and O–H groups in total. The summed E-state index contributed by atoms with van der Waals surface area (Å²) < 4.78 is 0. The van der Waals surface area contributed by atoms with Crippen molar-refractivity contribution in [2.24, 2.45) is 5.92 Å². The van der Waals surface area contributed by atoms with Gasteiger partial charge in [-0.3, -0.25) is 10.1 Å². The Morgan fingerprint density at radius 1 is 1.44 bits per heavy atom. The van der Waals surface area contributed by atoms with E-state index in [0.29, 0.717) is 12.0 Å². The molecule has 0 aliphatic carbocycles. The van der Waals surface area contributed by atoms with E-state index in [0.717, 1.165) is 18.5 Å². The average Bonchev–Trinajstić information content (AvgIpc) is 2.28. The molecule has 1 aromatic carbocycles. The van der Waals surface area contributed by atoms with Gasteiger partial charge in [-0.25, -0.2) is 0 Å². The highest BCUT2D eigenvalue weighted by Gasteiger charge is 2.12. The Balaban J connectivity index is 2.68. The molecule has 0 amide bonds. The first kappa shape index (κ1) is 14.3. The molecule has 100 valence electrons. The lowest BCUT2D eigenvalue weighted by Gasteiger charge is -2.18. The van der Waals surface area contributed by atoms with Gasteiger partial charge in [0.2, 0.25) is 0 Å². The Labute approximate surface area is 108 Å². The van der Waals surface area contributed by atoms with Crippen molar-refractivity contribution in [2.45, 2.75) is 39.7 Å². The molecule has 0 heterocycles. The quantitative estimate of drug-likeness (QED) is 0.461. The fourth-order valence-corrected chi connectivity index (χ4v) is 1.92. The SMILES string of the molecule is CCC(C)CC(C)Nc1ccc([N+](=O)[O-])c(N)c1. The number of benzene rings is 1. The number of nitrogens with two attached hydrogens (primary N) is 1. The summed E-state index contributed by atoms with van der Waals surface area (Å²) >= 11 is 0. The van der Waals surface area contributed by atoms with E-state index in [1.807, 2.05) is 0 Å². The Morgan fingerprint density at radius 3 is 2.61 bits per heavy atom. The van der Waals surface area contributed by atoms with Crippen LogP contribution in [0.4, 0.5) is 17.1 Å². The number of nitro groups is 1. The van der Waals surface area contributed by atoms with Gasteiger partial charge in [-0.05, 0) is 31.4 Å². The molecule has 0 spiro atoms. The zero-order valence-corrected chi connectivity index (χ0v) is 11.1. The predicted octanol–water partition coefficient (Wildman–Crippen LogP) is 3.41. The van der Waals surface area contributed by atoms with Gasteiger partial charge in [-0.15, -0.1) is 0 Å². The molecule has 0 bridgehead atoms. The first-order valence-corrected chi connectivity index (χ1v) is 6.24. The van der Waals surface area contributed by atoms with Crippen molar-refractivity contribution in [1.29, 1.82) is 0 Å². The molecule has 2 unspecified atom stereocenters. The second kappa shape index (κ2) is 6.23. The summed E-state index contributed by atoms with van der Waals surface area (Å²) in [7, 11) is 0. The lowest BCUT2D eigenvalue weighted by molar-refractivity contribution is -0.383. The molecule has 0 aromatic heterocycles. The van der Waals surface area contributed by atoms with Crippen molar-refractivity contribution in [2.75, 3.05) is 11.1 Å². The van der Waals surface area contributed by atoms with Crippen molar-refractivity contribution in [3.05, 3.63) is 28.3 Å². The maximum Gasteiger partial charge on any atom is 0.292 e. The minimum atomic E-state index is -0.471. The van der Waals surface area contributed by atoms with Crippen LogP contribution in [-0.2, 0) is 0 Å². The highest BCUT2D eigenvalue weighted by atomic mass is 16.6. The molecule has 5 nitrogen and oxygen atoms in total. The van der Waals surface area contributed by atoms with Gasteiger partial charge in [-0.2, -0.15) is 0 Å². The van der Waals surface area contributed by atoms with Gasteiger partial charge in [0.15, 0.2) is 0 Å². The summed E-state index contributed by atoms with van der Waals surface area (Å²) in [6.45, 7) is 6.48. The Kier molecular flexibility index (Phi) is 4.95. The molecule has 1 aromatic rings. The van der Waals surface area contributed by atoms with E-state index in [4.69, 9.17) is 5.73 Å². The number of anilines is 2. The standard InChI is InChI=1S/C13H21N3O2/c1-4-9(2)7-10(3)15-11-5-6-13(16(17)18)12(14)8-11/h5-6,8-10,15H,4,7,14H2,1-3H3. The third kappa shape index (κ3) is 3.91. The second-order valence-electron chi connectivity index (χ2n) is 4.83. The Morgan fingerprint density at radius 2 is 2.11 bits per heavy atom. The number of nitrogen functional groups attached to an aromatic ring is 1. The summed E-state index contributed by atoms with van der Waals surface area (Å²) in [6.07, 6.45) is 2.21. The van der Waals surface area contributed by atoms with Crippen LogP contribution in [0.15, 0.2) is 18.2 Å². The summed E-state index contributed by atoms with van der Waals surface area (Å²) in [5.74, 6) is 0.655. The van der Waals surface area contributed by atoms with Crippen LogP contribution in [0.5, 0.6) is 0 Å². The molecular weight excluding hydrogens is 230 g/mol. The lowest BCUT2D eigenvalue weighted by Crippen LogP contribution is -2.18. The van der Waals surface area contributed by atoms with E-state index in [9.17, 15) is 10.1 Å². The van der Waals surface area contributed by atoms with Gasteiger partial charge in [0, 0.05) is 17.8 Å². The van der Waals surface area contributed by atoms with E-state index in [1.54, 1.807) is 12.1 Å². The van der Waals surface area contributed by atoms with Crippen molar-refractivity contribution in [3.8, 4) is 0 Å². The maximum atomic E-state index is 10.6. The third-order valence-electron chi connectivity index (χ3n) is 3.09. The van der Waals surface area contributed by atoms with E-state index in [1.165, 1.54) is 6.07 Å². The Hall–Kier alpha value is -1.78. The van der Waals surface area contributed by atoms with Gasteiger partial charge >= 0.3 is 0 Å². The topological polar surface area (TPSA) is 81.2 Å². The molecule has 0 saturated carbocycles. The van der Waals surface area contributed by atoms with Gasteiger partial charge in [0.05, 0.1) is 4.92 Å². The largest absolute Gasteiger partial charge is 0.393 e. The van der Waals surface area contributed by atoms with Crippen molar-refractivity contribution < 1.29 is 4.92 Å². The molecule has 2 atom stereocenters. The summed E-state index contributed by atoms with van der Waals surface area (Å²) in [4.78, 5) is 10.2. The summed E-state index contributed by atoms with van der Waals surface area (Å²) in [5, 5.41) is 14.0. The molecular formula is C13H21N3O2. The predicted molar refractivity (Wildman–Crippen MR) is 74.7 cm³/mol.